The maximum absolute atomic E-state index is 13.9. The average molecular weight is 308 g/mol. The third kappa shape index (κ3) is 4.09. The van der Waals surface area contributed by atoms with Gasteiger partial charge in [-0.05, 0) is 37.1 Å². The molecule has 2 aromatic heterocycles. The summed E-state index contributed by atoms with van der Waals surface area (Å²) in [6.07, 6.45) is 0. The lowest BCUT2D eigenvalue weighted by Gasteiger charge is -2.19. The predicted molar refractivity (Wildman–Crippen MR) is 84.8 cm³/mol. The predicted octanol–water partition coefficient (Wildman–Crippen LogP) is 3.36. The van der Waals surface area contributed by atoms with Gasteiger partial charge in [-0.25, -0.2) is 9.37 Å². The minimum absolute atomic E-state index is 0.0308. The van der Waals surface area contributed by atoms with E-state index in [0.717, 1.165) is 10.6 Å². The Morgan fingerprint density at radius 2 is 2.05 bits per heavy atom. The van der Waals surface area contributed by atoms with Gasteiger partial charge in [-0.15, -0.1) is 11.3 Å². The Morgan fingerprint density at radius 3 is 2.62 bits per heavy atom. The van der Waals surface area contributed by atoms with Crippen molar-refractivity contribution in [3.63, 3.8) is 0 Å². The summed E-state index contributed by atoms with van der Waals surface area (Å²) in [5.41, 5.74) is 1.18. The van der Waals surface area contributed by atoms with Gasteiger partial charge in [-0.3, -0.25) is 0 Å². The van der Waals surface area contributed by atoms with Crippen molar-refractivity contribution in [3.8, 4) is 10.6 Å². The van der Waals surface area contributed by atoms with Crippen molar-refractivity contribution in [1.29, 1.82) is 0 Å². The summed E-state index contributed by atoms with van der Waals surface area (Å²) in [4.78, 5) is 6.66. The molecule has 2 rings (SSSR count). The molecule has 0 saturated carbocycles. The quantitative estimate of drug-likeness (QED) is 0.860. The highest BCUT2D eigenvalue weighted by molar-refractivity contribution is 7.15. The number of thiophene rings is 1. The summed E-state index contributed by atoms with van der Waals surface area (Å²) < 4.78 is 13.9. The number of aromatic nitrogens is 1. The highest BCUT2D eigenvalue weighted by Crippen LogP contribution is 2.26. The number of hydrogen-bond donors (Lipinski definition) is 2. The van der Waals surface area contributed by atoms with Gasteiger partial charge in [-0.1, -0.05) is 13.8 Å². The molecule has 3 nitrogen and oxygen atoms in total. The molecule has 0 bridgehead atoms. The number of aliphatic hydroxyl groups excluding tert-OH is 1. The normalized spacial score (nSPS) is 12.9. The molecule has 21 heavy (non-hydrogen) atoms. The van der Waals surface area contributed by atoms with E-state index in [1.807, 2.05) is 32.9 Å². The standard InChI is InChI=1S/C16H21FN2OS/c1-10(2)15(9-20)18-8-14-12(17)5-6-13(19-14)16-7-4-11(3)21-16/h4-7,10,15,18,20H,8-9H2,1-3H3/t15-/m0/s1. The van der Waals surface area contributed by atoms with Crippen LogP contribution in [0.1, 0.15) is 24.4 Å². The maximum atomic E-state index is 13.9. The van der Waals surface area contributed by atoms with Crippen molar-refractivity contribution in [1.82, 2.24) is 10.3 Å². The molecule has 0 amide bonds. The number of hydrogen-bond acceptors (Lipinski definition) is 4. The summed E-state index contributed by atoms with van der Waals surface area (Å²) in [5.74, 6) is -0.0406. The molecule has 0 unspecified atom stereocenters. The maximum Gasteiger partial charge on any atom is 0.146 e. The molecule has 2 N–H and O–H groups in total. The summed E-state index contributed by atoms with van der Waals surface area (Å²) in [7, 11) is 0. The van der Waals surface area contributed by atoms with Gasteiger partial charge in [0.2, 0.25) is 0 Å². The van der Waals surface area contributed by atoms with E-state index in [-0.39, 0.29) is 24.4 Å². The highest BCUT2D eigenvalue weighted by atomic mass is 32.1. The molecule has 0 aliphatic rings. The van der Waals surface area contributed by atoms with E-state index >= 15 is 0 Å². The molecular weight excluding hydrogens is 287 g/mol. The Balaban J connectivity index is 2.16. The van der Waals surface area contributed by atoms with Gasteiger partial charge in [-0.2, -0.15) is 0 Å². The number of aliphatic hydroxyl groups is 1. The van der Waals surface area contributed by atoms with Crippen LogP contribution in [0, 0.1) is 18.7 Å². The zero-order valence-electron chi connectivity index (χ0n) is 12.6. The fourth-order valence-electron chi connectivity index (χ4n) is 2.06. The first-order valence-corrected chi connectivity index (χ1v) is 7.89. The molecule has 0 radical (unpaired) electrons. The molecule has 1 atom stereocenters. The lowest BCUT2D eigenvalue weighted by molar-refractivity contribution is 0.209. The lowest BCUT2D eigenvalue weighted by atomic mass is 10.1. The van der Waals surface area contributed by atoms with Crippen molar-refractivity contribution >= 4 is 11.3 Å². The molecule has 2 aromatic rings. The Labute approximate surface area is 128 Å². The average Bonchev–Trinajstić information content (AvgIpc) is 2.87. The fourth-order valence-corrected chi connectivity index (χ4v) is 2.89. The van der Waals surface area contributed by atoms with E-state index in [2.05, 4.69) is 10.3 Å². The van der Waals surface area contributed by atoms with Crippen molar-refractivity contribution < 1.29 is 9.50 Å². The number of aryl methyl sites for hydroxylation is 1. The zero-order valence-corrected chi connectivity index (χ0v) is 13.4. The number of rotatable bonds is 6. The van der Waals surface area contributed by atoms with Crippen LogP contribution in [0.4, 0.5) is 4.39 Å². The number of nitrogens with one attached hydrogen (secondary N) is 1. The van der Waals surface area contributed by atoms with Gasteiger partial charge in [0.15, 0.2) is 0 Å². The van der Waals surface area contributed by atoms with Gasteiger partial charge >= 0.3 is 0 Å². The second-order valence-corrected chi connectivity index (χ2v) is 6.74. The molecule has 0 spiro atoms. The van der Waals surface area contributed by atoms with E-state index in [4.69, 9.17) is 0 Å². The van der Waals surface area contributed by atoms with E-state index in [1.165, 1.54) is 10.9 Å². The summed E-state index contributed by atoms with van der Waals surface area (Å²) in [5, 5.41) is 12.5. The summed E-state index contributed by atoms with van der Waals surface area (Å²) in [6, 6.07) is 7.14. The summed E-state index contributed by atoms with van der Waals surface area (Å²) in [6.45, 7) is 6.41. The molecule has 114 valence electrons. The van der Waals surface area contributed by atoms with Crippen LogP contribution in [0.25, 0.3) is 10.6 Å². The third-order valence-electron chi connectivity index (χ3n) is 3.44. The van der Waals surface area contributed by atoms with Crippen LogP contribution in [-0.2, 0) is 6.54 Å². The molecular formula is C16H21FN2OS. The topological polar surface area (TPSA) is 45.1 Å². The lowest BCUT2D eigenvalue weighted by Crippen LogP contribution is -2.36. The summed E-state index contributed by atoms with van der Waals surface area (Å²) >= 11 is 1.64. The first-order valence-electron chi connectivity index (χ1n) is 7.07. The monoisotopic (exact) mass is 308 g/mol. The Bertz CT molecular complexity index is 598. The number of nitrogens with zero attached hydrogens (tertiary/aromatic N) is 1. The van der Waals surface area contributed by atoms with Gasteiger partial charge < -0.3 is 10.4 Å². The van der Waals surface area contributed by atoms with E-state index in [1.54, 1.807) is 17.4 Å². The van der Waals surface area contributed by atoms with Crippen molar-refractivity contribution in [2.45, 2.75) is 33.4 Å². The largest absolute Gasteiger partial charge is 0.395 e. The Hall–Kier alpha value is -1.30. The van der Waals surface area contributed by atoms with Crippen LogP contribution < -0.4 is 5.32 Å². The van der Waals surface area contributed by atoms with Crippen LogP contribution in [-0.4, -0.2) is 22.7 Å². The number of pyridine rings is 1. The third-order valence-corrected chi connectivity index (χ3v) is 4.47. The molecule has 0 aliphatic carbocycles. The Kier molecular flexibility index (Phi) is 5.45. The first kappa shape index (κ1) is 16.1. The zero-order chi connectivity index (χ0) is 15.4. The second-order valence-electron chi connectivity index (χ2n) is 5.45. The minimum atomic E-state index is -0.319. The SMILES string of the molecule is Cc1ccc(-c2ccc(F)c(CN[C@@H](CO)C(C)C)n2)s1. The molecule has 0 aliphatic heterocycles. The van der Waals surface area contributed by atoms with Crippen LogP contribution in [0.2, 0.25) is 0 Å². The van der Waals surface area contributed by atoms with Crippen molar-refractivity contribution in [2.75, 3.05) is 6.61 Å². The van der Waals surface area contributed by atoms with Crippen LogP contribution in [0.15, 0.2) is 24.3 Å². The van der Waals surface area contributed by atoms with E-state index < -0.39 is 0 Å². The van der Waals surface area contributed by atoms with E-state index in [9.17, 15) is 9.50 Å². The molecule has 0 aromatic carbocycles. The van der Waals surface area contributed by atoms with Gasteiger partial charge in [0.25, 0.3) is 0 Å². The highest BCUT2D eigenvalue weighted by Gasteiger charge is 2.14. The molecule has 5 heteroatoms. The second kappa shape index (κ2) is 7.11. The van der Waals surface area contributed by atoms with Gasteiger partial charge in [0, 0.05) is 17.5 Å². The fraction of sp³-hybridized carbons (Fsp3) is 0.438. The smallest absolute Gasteiger partial charge is 0.146 e. The Morgan fingerprint density at radius 1 is 1.29 bits per heavy atom. The van der Waals surface area contributed by atoms with Crippen molar-refractivity contribution in [3.05, 3.63) is 40.7 Å². The van der Waals surface area contributed by atoms with Gasteiger partial charge in [0.05, 0.1) is 22.9 Å². The minimum Gasteiger partial charge on any atom is -0.395 e. The van der Waals surface area contributed by atoms with Crippen LogP contribution in [0.3, 0.4) is 0 Å². The number of halogens is 1. The van der Waals surface area contributed by atoms with E-state index in [0.29, 0.717) is 12.2 Å². The van der Waals surface area contributed by atoms with Crippen molar-refractivity contribution in [2.24, 2.45) is 5.92 Å². The molecule has 2 heterocycles. The van der Waals surface area contributed by atoms with Crippen LogP contribution in [0.5, 0.6) is 0 Å². The van der Waals surface area contributed by atoms with Crippen LogP contribution >= 0.6 is 11.3 Å². The molecule has 0 saturated heterocycles. The molecule has 0 fully saturated rings. The first-order chi connectivity index (χ1) is 10.0. The van der Waals surface area contributed by atoms with Gasteiger partial charge in [0.1, 0.15) is 5.82 Å².